The summed E-state index contributed by atoms with van der Waals surface area (Å²) >= 11 is 0. The van der Waals surface area contributed by atoms with Crippen molar-refractivity contribution < 1.29 is 95.9 Å². The molecule has 0 N–H and O–H groups in total. The average Bonchev–Trinajstić information content (AvgIpc) is 2.76. The van der Waals surface area contributed by atoms with Crippen molar-refractivity contribution in [3.05, 3.63) is 0 Å². The van der Waals surface area contributed by atoms with Crippen LogP contribution in [0, 0.1) is 0 Å². The van der Waals surface area contributed by atoms with Gasteiger partial charge < -0.3 is 0 Å². The van der Waals surface area contributed by atoms with Gasteiger partial charge in [0.25, 0.3) is 26.9 Å². The number of rotatable bonds is 9. The highest BCUT2D eigenvalue weighted by Crippen LogP contribution is 2.60. The number of hydrogen-bond donors (Lipinski definition) is 0. The standard InChI is InChI=1S/C16H14BF18NO4S2/c18-9(19,13(26,27)28)11(22,23)15(32,33)41(37,38)36(17-7-3-1-4-8(17)6-2-5-7)42(39,40)16(34,35)12(24,25)10(20,21)14(29,30)31/h7-8H,1-6H2. The van der Waals surface area contributed by atoms with Crippen molar-refractivity contribution in [2.45, 2.75) is 96.7 Å². The number of fused-ring (bicyclic) bond motifs is 2. The van der Waals surface area contributed by atoms with Gasteiger partial charge in [0.1, 0.15) is 0 Å². The van der Waals surface area contributed by atoms with Crippen LogP contribution in [0.5, 0.6) is 0 Å². The van der Waals surface area contributed by atoms with E-state index in [9.17, 15) is 95.9 Å². The lowest BCUT2D eigenvalue weighted by Crippen LogP contribution is -2.71. The first-order valence-electron chi connectivity index (χ1n) is 10.9. The van der Waals surface area contributed by atoms with E-state index in [1.165, 1.54) is 0 Å². The van der Waals surface area contributed by atoms with Gasteiger partial charge in [-0.05, 0) is 11.6 Å². The lowest BCUT2D eigenvalue weighted by atomic mass is 9.35. The molecule has 0 aliphatic carbocycles. The number of halogens is 18. The van der Waals surface area contributed by atoms with Crippen molar-refractivity contribution in [1.82, 2.24) is 3.62 Å². The van der Waals surface area contributed by atoms with E-state index < -0.39 is 114 Å². The minimum atomic E-state index is -8.78. The zero-order valence-corrected chi connectivity index (χ0v) is 21.3. The van der Waals surface area contributed by atoms with Crippen LogP contribution in [0.25, 0.3) is 0 Å². The maximum atomic E-state index is 14.6. The molecule has 42 heavy (non-hydrogen) atoms. The second kappa shape index (κ2) is 10.1. The van der Waals surface area contributed by atoms with Crippen molar-refractivity contribution in [3.63, 3.8) is 0 Å². The first kappa shape index (κ1) is 36.9. The molecule has 2 rings (SSSR count). The van der Waals surface area contributed by atoms with Gasteiger partial charge >= 0.3 is 46.6 Å². The quantitative estimate of drug-likeness (QED) is 0.194. The second-order valence-corrected chi connectivity index (χ2v) is 13.4. The first-order chi connectivity index (χ1) is 18.2. The largest absolute Gasteiger partial charge is 0.460 e. The Labute approximate surface area is 223 Å². The molecular weight excluding hydrogens is 687 g/mol. The molecule has 2 aliphatic heterocycles. The molecule has 2 fully saturated rings. The average molecular weight is 701 g/mol. The number of hydrogen-bond acceptors (Lipinski definition) is 4. The van der Waals surface area contributed by atoms with Gasteiger partial charge in [-0.3, -0.25) is 0 Å². The fourth-order valence-electron chi connectivity index (χ4n) is 4.71. The van der Waals surface area contributed by atoms with Crippen LogP contribution >= 0.6 is 0 Å². The number of sulfonamides is 2. The van der Waals surface area contributed by atoms with Gasteiger partial charge in [-0.1, -0.05) is 38.5 Å². The lowest BCUT2D eigenvalue weighted by Gasteiger charge is -2.46. The Morgan fingerprint density at radius 3 is 0.905 bits per heavy atom. The normalized spacial score (nSPS) is 23.0. The van der Waals surface area contributed by atoms with Gasteiger partial charge in [0.2, 0.25) is 0 Å². The van der Waals surface area contributed by atoms with Crippen molar-refractivity contribution in [1.29, 1.82) is 0 Å². The highest BCUT2D eigenvalue weighted by atomic mass is 32.3. The van der Waals surface area contributed by atoms with Crippen LogP contribution in [-0.4, -0.2) is 73.9 Å². The summed E-state index contributed by atoms with van der Waals surface area (Å²) < 4.78 is 291. The molecule has 2 aliphatic rings. The molecule has 0 radical (unpaired) electrons. The van der Waals surface area contributed by atoms with Crippen molar-refractivity contribution in [3.8, 4) is 0 Å². The molecule has 0 aromatic carbocycles. The van der Waals surface area contributed by atoms with Crippen molar-refractivity contribution in [2.75, 3.05) is 0 Å². The number of nitrogens with zero attached hydrogens (tertiary/aromatic N) is 1. The highest BCUT2D eigenvalue weighted by molar-refractivity contribution is 8.06. The summed E-state index contributed by atoms with van der Waals surface area (Å²) in [6.45, 7) is -3.20. The minimum Gasteiger partial charge on any atom is -0.206 e. The Kier molecular flexibility index (Phi) is 8.85. The summed E-state index contributed by atoms with van der Waals surface area (Å²) in [6.07, 6.45) is -18.4. The summed E-state index contributed by atoms with van der Waals surface area (Å²) in [6, 6.07) is 0. The van der Waals surface area contributed by atoms with Crippen LogP contribution in [0.1, 0.15) is 38.5 Å². The fourth-order valence-corrected chi connectivity index (χ4v) is 8.99. The lowest BCUT2D eigenvalue weighted by molar-refractivity contribution is -0.382. The second-order valence-electron chi connectivity index (χ2n) is 9.43. The molecular formula is C16H14BF18NO4S2. The molecule has 0 spiro atoms. The third-order valence-corrected chi connectivity index (χ3v) is 11.3. The van der Waals surface area contributed by atoms with Crippen LogP contribution in [0.15, 0.2) is 0 Å². The van der Waals surface area contributed by atoms with Crippen LogP contribution < -0.4 is 0 Å². The van der Waals surface area contributed by atoms with Gasteiger partial charge in [0.15, 0.2) is 0 Å². The Balaban J connectivity index is 2.99. The van der Waals surface area contributed by atoms with Gasteiger partial charge in [0.05, 0.1) is 0 Å². The number of alkyl halides is 18. The van der Waals surface area contributed by atoms with Crippen molar-refractivity contribution >= 4 is 26.9 Å². The third kappa shape index (κ3) is 4.82. The Hall–Kier alpha value is -1.34. The Bertz CT molecular complexity index is 1140. The molecule has 26 heteroatoms. The third-order valence-electron chi connectivity index (χ3n) is 6.86. The van der Waals surface area contributed by atoms with E-state index in [2.05, 4.69) is 0 Å². The van der Waals surface area contributed by atoms with Gasteiger partial charge in [-0.25, -0.2) is 16.8 Å². The molecule has 2 heterocycles. The fraction of sp³-hybridized carbons (Fsp3) is 1.00. The van der Waals surface area contributed by atoms with Gasteiger partial charge in [-0.2, -0.15) is 79.0 Å². The summed E-state index contributed by atoms with van der Waals surface area (Å²) in [5.74, 6) is -36.7. The zero-order chi connectivity index (χ0) is 33.6. The molecule has 5 nitrogen and oxygen atoms in total. The first-order valence-corrected chi connectivity index (χ1v) is 13.8. The Morgan fingerprint density at radius 1 is 0.452 bits per heavy atom. The maximum absolute atomic E-state index is 14.6. The Morgan fingerprint density at radius 2 is 0.690 bits per heavy atom. The van der Waals surface area contributed by atoms with Crippen molar-refractivity contribution in [2.24, 2.45) is 0 Å². The smallest absolute Gasteiger partial charge is 0.206 e. The topological polar surface area (TPSA) is 71.5 Å². The molecule has 2 bridgehead atoms. The van der Waals surface area contributed by atoms with E-state index in [0.29, 0.717) is 0 Å². The minimum absolute atomic E-state index is 0.169. The maximum Gasteiger partial charge on any atom is 0.460 e. The van der Waals surface area contributed by atoms with Crippen LogP contribution in [0.3, 0.4) is 0 Å². The molecule has 0 atom stereocenters. The highest BCUT2D eigenvalue weighted by Gasteiger charge is 2.90. The SMILES string of the molecule is O=S(=O)(N(B1C2CCCC1CCC2)S(=O)(=O)C(F)(F)C(F)(F)C(F)(F)C(F)(F)F)C(F)(F)C(F)(F)C(F)(F)C(F)(F)F. The van der Waals surface area contributed by atoms with E-state index in [4.69, 9.17) is 0 Å². The van der Waals surface area contributed by atoms with E-state index in [1.54, 1.807) is 0 Å². The molecule has 2 saturated heterocycles. The molecule has 0 aromatic heterocycles. The molecule has 0 unspecified atom stereocenters. The summed E-state index contributed by atoms with van der Waals surface area (Å²) in [7, 11) is -17.6. The van der Waals surface area contributed by atoms with Crippen LogP contribution in [0.2, 0.25) is 11.6 Å². The summed E-state index contributed by atoms with van der Waals surface area (Å²) in [4.78, 5) is 0. The van der Waals surface area contributed by atoms with Crippen LogP contribution in [0.4, 0.5) is 79.0 Å². The van der Waals surface area contributed by atoms with Gasteiger partial charge in [0, 0.05) is 0 Å². The van der Waals surface area contributed by atoms with Crippen LogP contribution in [-0.2, 0) is 20.0 Å². The van der Waals surface area contributed by atoms with E-state index >= 15 is 0 Å². The zero-order valence-electron chi connectivity index (χ0n) is 19.7. The van der Waals surface area contributed by atoms with E-state index in [1.807, 2.05) is 0 Å². The molecule has 0 aromatic rings. The molecule has 0 saturated carbocycles. The summed E-state index contributed by atoms with van der Waals surface area (Å²) in [5.41, 5.74) is 0. The predicted molar refractivity (Wildman–Crippen MR) is 102 cm³/mol. The predicted octanol–water partition coefficient (Wildman–Crippen LogP) is 6.90. The molecule has 248 valence electrons. The van der Waals surface area contributed by atoms with E-state index in [-0.39, 0.29) is 12.8 Å². The van der Waals surface area contributed by atoms with Gasteiger partial charge in [-0.15, -0.1) is 3.62 Å². The summed E-state index contributed by atoms with van der Waals surface area (Å²) in [5, 5.41) is -16.3. The van der Waals surface area contributed by atoms with E-state index in [0.717, 1.165) is 0 Å². The monoisotopic (exact) mass is 701 g/mol. The molecule has 0 amide bonds.